The maximum atomic E-state index is 13.6. The van der Waals surface area contributed by atoms with Crippen molar-refractivity contribution in [1.29, 1.82) is 0 Å². The molecule has 7 heteroatoms. The summed E-state index contributed by atoms with van der Waals surface area (Å²) in [6, 6.07) is 22.9. The molecule has 3 heterocycles. The second kappa shape index (κ2) is 6.91. The van der Waals surface area contributed by atoms with Crippen LogP contribution >= 0.6 is 0 Å². The highest BCUT2D eigenvalue weighted by Gasteiger charge is 2.35. The van der Waals surface area contributed by atoms with Gasteiger partial charge in [0.25, 0.3) is 5.91 Å². The molecule has 0 saturated heterocycles. The Labute approximate surface area is 178 Å². The molecule has 0 radical (unpaired) electrons. The minimum atomic E-state index is -0.430. The number of rotatable bonds is 3. The van der Waals surface area contributed by atoms with Gasteiger partial charge in [0.05, 0.1) is 23.1 Å². The number of ether oxygens (including phenoxy) is 2. The van der Waals surface area contributed by atoms with Crippen molar-refractivity contribution in [3.63, 3.8) is 0 Å². The van der Waals surface area contributed by atoms with Crippen LogP contribution in [0.15, 0.2) is 85.2 Å². The highest BCUT2D eigenvalue weighted by molar-refractivity contribution is 6.12. The number of anilines is 2. The Bertz CT molecular complexity index is 1280. The molecular formula is C24H18N4O3. The number of benzene rings is 3. The third kappa shape index (κ3) is 2.90. The van der Waals surface area contributed by atoms with Crippen LogP contribution in [0.1, 0.15) is 22.1 Å². The first-order chi connectivity index (χ1) is 15.3. The number of hydrogen-bond donors (Lipinski definition) is 1. The number of para-hydroxylation sites is 2. The maximum Gasteiger partial charge on any atom is 0.262 e. The predicted octanol–water partition coefficient (Wildman–Crippen LogP) is 4.37. The van der Waals surface area contributed by atoms with Crippen LogP contribution in [0.25, 0.3) is 5.69 Å². The van der Waals surface area contributed by atoms with Gasteiger partial charge >= 0.3 is 0 Å². The van der Waals surface area contributed by atoms with Crippen molar-refractivity contribution in [2.24, 2.45) is 0 Å². The van der Waals surface area contributed by atoms with Gasteiger partial charge in [-0.1, -0.05) is 30.3 Å². The number of carbonyl (C=O) groups is 1. The van der Waals surface area contributed by atoms with Gasteiger partial charge in [-0.05, 0) is 36.4 Å². The number of nitrogens with zero attached hydrogens (tertiary/aromatic N) is 3. The van der Waals surface area contributed by atoms with E-state index in [2.05, 4.69) is 10.4 Å². The molecule has 2 aliphatic rings. The fraction of sp³-hybridized carbons (Fsp3) is 0.0833. The molecule has 0 bridgehead atoms. The van der Waals surface area contributed by atoms with Crippen molar-refractivity contribution in [3.05, 3.63) is 96.3 Å². The molecule has 4 aromatic rings. The summed E-state index contributed by atoms with van der Waals surface area (Å²) >= 11 is 0. The number of fused-ring (bicyclic) bond motifs is 2. The first-order valence-corrected chi connectivity index (χ1v) is 9.97. The standard InChI is InChI=1S/C24H18N4O3/c29-24-19-8-4-5-9-20(19)26-23(16-13-25-27(14-16)17-6-2-1-3-7-17)28(24)18-10-11-21-22(12-18)31-15-30-21/h1-14,23,26H,15H2/t23-/m0/s1. The Morgan fingerprint density at radius 2 is 1.71 bits per heavy atom. The highest BCUT2D eigenvalue weighted by atomic mass is 16.7. The van der Waals surface area contributed by atoms with Crippen LogP contribution in [0, 0.1) is 0 Å². The monoisotopic (exact) mass is 410 g/mol. The van der Waals surface area contributed by atoms with Crippen LogP contribution in [0.4, 0.5) is 11.4 Å². The van der Waals surface area contributed by atoms with E-state index in [4.69, 9.17) is 9.47 Å². The summed E-state index contributed by atoms with van der Waals surface area (Å²) in [5, 5.41) is 8.03. The van der Waals surface area contributed by atoms with E-state index >= 15 is 0 Å². The smallest absolute Gasteiger partial charge is 0.262 e. The van der Waals surface area contributed by atoms with Crippen LogP contribution < -0.4 is 19.7 Å². The quantitative estimate of drug-likeness (QED) is 0.543. The summed E-state index contributed by atoms with van der Waals surface area (Å²) in [7, 11) is 0. The van der Waals surface area contributed by atoms with E-state index in [1.165, 1.54) is 0 Å². The van der Waals surface area contributed by atoms with Crippen molar-refractivity contribution < 1.29 is 14.3 Å². The molecule has 0 saturated carbocycles. The van der Waals surface area contributed by atoms with Crippen LogP contribution in [0.5, 0.6) is 11.5 Å². The van der Waals surface area contributed by atoms with E-state index in [9.17, 15) is 4.79 Å². The van der Waals surface area contributed by atoms with E-state index in [1.54, 1.807) is 15.8 Å². The third-order valence-corrected chi connectivity index (χ3v) is 5.50. The largest absolute Gasteiger partial charge is 0.454 e. The lowest BCUT2D eigenvalue weighted by molar-refractivity contribution is 0.0975. The van der Waals surface area contributed by atoms with E-state index in [1.807, 2.05) is 79.0 Å². The van der Waals surface area contributed by atoms with Crippen molar-refractivity contribution in [3.8, 4) is 17.2 Å². The second-order valence-electron chi connectivity index (χ2n) is 7.36. The van der Waals surface area contributed by atoms with E-state index in [0.29, 0.717) is 22.7 Å². The molecule has 0 fully saturated rings. The summed E-state index contributed by atoms with van der Waals surface area (Å²) in [5.41, 5.74) is 3.94. The Hall–Kier alpha value is -4.26. The second-order valence-corrected chi connectivity index (χ2v) is 7.36. The lowest BCUT2D eigenvalue weighted by Gasteiger charge is -2.37. The topological polar surface area (TPSA) is 68.6 Å². The molecule has 152 valence electrons. The fourth-order valence-corrected chi connectivity index (χ4v) is 3.99. The highest BCUT2D eigenvalue weighted by Crippen LogP contribution is 2.41. The van der Waals surface area contributed by atoms with Gasteiger partial charge < -0.3 is 14.8 Å². The minimum absolute atomic E-state index is 0.0920. The van der Waals surface area contributed by atoms with Crippen molar-refractivity contribution in [1.82, 2.24) is 9.78 Å². The molecule has 2 aliphatic heterocycles. The van der Waals surface area contributed by atoms with Crippen LogP contribution in [-0.2, 0) is 0 Å². The average Bonchev–Trinajstić information content (AvgIpc) is 3.49. The number of hydrogen-bond acceptors (Lipinski definition) is 5. The zero-order valence-electron chi connectivity index (χ0n) is 16.4. The van der Waals surface area contributed by atoms with Crippen LogP contribution in [0.2, 0.25) is 0 Å². The van der Waals surface area contributed by atoms with Gasteiger partial charge in [-0.25, -0.2) is 4.68 Å². The van der Waals surface area contributed by atoms with Gasteiger partial charge in [-0.3, -0.25) is 9.69 Å². The summed E-state index contributed by atoms with van der Waals surface area (Å²) < 4.78 is 12.8. The molecule has 3 aromatic carbocycles. The summed E-state index contributed by atoms with van der Waals surface area (Å²) in [6.07, 6.45) is 3.29. The number of amides is 1. The van der Waals surface area contributed by atoms with Crippen LogP contribution in [0.3, 0.4) is 0 Å². The molecule has 31 heavy (non-hydrogen) atoms. The van der Waals surface area contributed by atoms with Gasteiger partial charge in [-0.2, -0.15) is 5.10 Å². The molecule has 0 aliphatic carbocycles. The molecule has 7 nitrogen and oxygen atoms in total. The van der Waals surface area contributed by atoms with Gasteiger partial charge in [0, 0.05) is 23.5 Å². The Morgan fingerprint density at radius 1 is 0.903 bits per heavy atom. The lowest BCUT2D eigenvalue weighted by Crippen LogP contribution is -2.43. The molecule has 1 amide bonds. The lowest BCUT2D eigenvalue weighted by atomic mass is 10.0. The van der Waals surface area contributed by atoms with E-state index in [-0.39, 0.29) is 12.7 Å². The minimum Gasteiger partial charge on any atom is -0.454 e. The maximum absolute atomic E-state index is 13.6. The molecule has 6 rings (SSSR count). The Balaban J connectivity index is 1.46. The molecule has 1 N–H and O–H groups in total. The normalized spacial score (nSPS) is 16.7. The third-order valence-electron chi connectivity index (χ3n) is 5.50. The predicted molar refractivity (Wildman–Crippen MR) is 116 cm³/mol. The number of carbonyl (C=O) groups excluding carboxylic acids is 1. The molecule has 0 unspecified atom stereocenters. The molecule has 0 spiro atoms. The zero-order valence-corrected chi connectivity index (χ0v) is 16.4. The van der Waals surface area contributed by atoms with Gasteiger partial charge in [0.15, 0.2) is 11.5 Å². The fourth-order valence-electron chi connectivity index (χ4n) is 3.99. The van der Waals surface area contributed by atoms with Crippen molar-refractivity contribution in [2.75, 3.05) is 17.0 Å². The SMILES string of the molecule is O=C1c2ccccc2N[C@H](c2cnn(-c3ccccc3)c2)N1c1ccc2c(c1)OCO2. The molecule has 1 aromatic heterocycles. The average molecular weight is 410 g/mol. The molecule has 1 atom stereocenters. The van der Waals surface area contributed by atoms with Crippen molar-refractivity contribution >= 4 is 17.3 Å². The van der Waals surface area contributed by atoms with E-state index < -0.39 is 6.17 Å². The molecular weight excluding hydrogens is 392 g/mol. The first-order valence-electron chi connectivity index (χ1n) is 9.97. The summed E-state index contributed by atoms with van der Waals surface area (Å²) in [4.78, 5) is 15.3. The summed E-state index contributed by atoms with van der Waals surface area (Å²) in [5.74, 6) is 1.21. The van der Waals surface area contributed by atoms with Crippen LogP contribution in [-0.4, -0.2) is 22.5 Å². The number of aromatic nitrogens is 2. The van der Waals surface area contributed by atoms with E-state index in [0.717, 1.165) is 16.9 Å². The first kappa shape index (κ1) is 17.6. The van der Waals surface area contributed by atoms with Crippen molar-refractivity contribution in [2.45, 2.75) is 6.17 Å². The Morgan fingerprint density at radius 3 is 2.61 bits per heavy atom. The van der Waals surface area contributed by atoms with Gasteiger partial charge in [0.2, 0.25) is 6.79 Å². The van der Waals surface area contributed by atoms with Gasteiger partial charge in [0.1, 0.15) is 6.17 Å². The zero-order chi connectivity index (χ0) is 20.8. The Kier molecular flexibility index (Phi) is 3.92. The summed E-state index contributed by atoms with van der Waals surface area (Å²) in [6.45, 7) is 0.182. The number of nitrogens with one attached hydrogen (secondary N) is 1. The van der Waals surface area contributed by atoms with Gasteiger partial charge in [-0.15, -0.1) is 0 Å².